The first kappa shape index (κ1) is 14.0. The molecule has 0 bridgehead atoms. The summed E-state index contributed by atoms with van der Waals surface area (Å²) >= 11 is 0. The van der Waals surface area contributed by atoms with Gasteiger partial charge in [-0.1, -0.05) is 20.8 Å². The Kier molecular flexibility index (Phi) is 4.42. The van der Waals surface area contributed by atoms with Gasteiger partial charge in [0.1, 0.15) is 0 Å². The maximum absolute atomic E-state index is 3.73. The SMILES string of the molecule is CCC1CNC(C)(CC)CN1C(C)(C)CC. The highest BCUT2D eigenvalue weighted by Crippen LogP contribution is 2.29. The van der Waals surface area contributed by atoms with E-state index in [1.165, 1.54) is 25.8 Å². The summed E-state index contributed by atoms with van der Waals surface area (Å²) in [6.07, 6.45) is 3.68. The van der Waals surface area contributed by atoms with Crippen LogP contribution in [0.3, 0.4) is 0 Å². The predicted molar refractivity (Wildman–Crippen MR) is 71.9 cm³/mol. The third kappa shape index (κ3) is 2.78. The normalized spacial score (nSPS) is 33.0. The predicted octanol–water partition coefficient (Wildman–Crippen LogP) is 3.03. The summed E-state index contributed by atoms with van der Waals surface area (Å²) in [6.45, 7) is 16.4. The Morgan fingerprint density at radius 3 is 2.38 bits per heavy atom. The highest BCUT2D eigenvalue weighted by Gasteiger charge is 2.39. The lowest BCUT2D eigenvalue weighted by Gasteiger charge is -2.52. The van der Waals surface area contributed by atoms with Crippen molar-refractivity contribution in [2.24, 2.45) is 0 Å². The van der Waals surface area contributed by atoms with Crippen molar-refractivity contribution in [3.05, 3.63) is 0 Å². The number of nitrogens with zero attached hydrogens (tertiary/aromatic N) is 1. The van der Waals surface area contributed by atoms with E-state index in [0.29, 0.717) is 17.1 Å². The maximum Gasteiger partial charge on any atom is 0.0278 e. The van der Waals surface area contributed by atoms with E-state index < -0.39 is 0 Å². The lowest BCUT2D eigenvalue weighted by molar-refractivity contribution is -0.0000573. The summed E-state index contributed by atoms with van der Waals surface area (Å²) in [6, 6.07) is 0.703. The number of nitrogens with one attached hydrogen (secondary N) is 1. The molecule has 2 atom stereocenters. The molecule has 0 aliphatic carbocycles. The molecule has 0 aromatic heterocycles. The second-order valence-corrected chi connectivity index (χ2v) is 6.15. The highest BCUT2D eigenvalue weighted by atomic mass is 15.3. The lowest BCUT2D eigenvalue weighted by atomic mass is 9.87. The quantitative estimate of drug-likeness (QED) is 0.792. The van der Waals surface area contributed by atoms with E-state index in [9.17, 15) is 0 Å². The summed E-state index contributed by atoms with van der Waals surface area (Å²) in [5.41, 5.74) is 0.636. The van der Waals surface area contributed by atoms with Crippen LogP contribution >= 0.6 is 0 Å². The van der Waals surface area contributed by atoms with Crippen LogP contribution in [-0.2, 0) is 0 Å². The van der Waals surface area contributed by atoms with Crippen molar-refractivity contribution in [1.29, 1.82) is 0 Å². The molecule has 2 nitrogen and oxygen atoms in total. The zero-order valence-electron chi connectivity index (χ0n) is 12.1. The van der Waals surface area contributed by atoms with Crippen LogP contribution in [0, 0.1) is 0 Å². The Morgan fingerprint density at radius 1 is 1.31 bits per heavy atom. The highest BCUT2D eigenvalue weighted by molar-refractivity contribution is 4.98. The van der Waals surface area contributed by atoms with Crippen molar-refractivity contribution >= 4 is 0 Å². The minimum Gasteiger partial charge on any atom is -0.309 e. The van der Waals surface area contributed by atoms with E-state index in [-0.39, 0.29) is 0 Å². The average Bonchev–Trinajstić information content (AvgIpc) is 2.29. The van der Waals surface area contributed by atoms with Gasteiger partial charge in [0.15, 0.2) is 0 Å². The molecule has 1 aliphatic rings. The zero-order chi connectivity index (χ0) is 12.4. The molecule has 1 fully saturated rings. The van der Waals surface area contributed by atoms with Gasteiger partial charge in [0, 0.05) is 30.2 Å². The number of hydrogen-bond donors (Lipinski definition) is 1. The first-order valence-electron chi connectivity index (χ1n) is 6.90. The molecular formula is C14H30N2. The zero-order valence-corrected chi connectivity index (χ0v) is 12.1. The Balaban J connectivity index is 2.83. The molecular weight excluding hydrogens is 196 g/mol. The Morgan fingerprint density at radius 2 is 1.94 bits per heavy atom. The second kappa shape index (κ2) is 5.05. The molecule has 0 aromatic rings. The van der Waals surface area contributed by atoms with Gasteiger partial charge in [0.05, 0.1) is 0 Å². The van der Waals surface area contributed by atoms with Gasteiger partial charge < -0.3 is 5.32 Å². The summed E-state index contributed by atoms with van der Waals surface area (Å²) in [4.78, 5) is 2.73. The van der Waals surface area contributed by atoms with Gasteiger partial charge in [-0.05, 0) is 40.0 Å². The summed E-state index contributed by atoms with van der Waals surface area (Å²) in [7, 11) is 0. The van der Waals surface area contributed by atoms with Gasteiger partial charge in [0.2, 0.25) is 0 Å². The lowest BCUT2D eigenvalue weighted by Crippen LogP contribution is -2.67. The molecule has 0 spiro atoms. The van der Waals surface area contributed by atoms with Gasteiger partial charge >= 0.3 is 0 Å². The number of rotatable bonds is 4. The van der Waals surface area contributed by atoms with Crippen LogP contribution in [0.4, 0.5) is 0 Å². The summed E-state index contributed by atoms with van der Waals surface area (Å²) in [5.74, 6) is 0. The summed E-state index contributed by atoms with van der Waals surface area (Å²) in [5, 5.41) is 3.73. The van der Waals surface area contributed by atoms with Crippen molar-refractivity contribution in [3.63, 3.8) is 0 Å². The van der Waals surface area contributed by atoms with E-state index in [2.05, 4.69) is 51.8 Å². The molecule has 1 aliphatic heterocycles. The second-order valence-electron chi connectivity index (χ2n) is 6.15. The van der Waals surface area contributed by atoms with Gasteiger partial charge in [-0.25, -0.2) is 0 Å². The number of piperazine rings is 1. The molecule has 1 saturated heterocycles. The number of hydrogen-bond acceptors (Lipinski definition) is 2. The van der Waals surface area contributed by atoms with Crippen molar-refractivity contribution < 1.29 is 0 Å². The molecule has 0 radical (unpaired) electrons. The van der Waals surface area contributed by atoms with E-state index in [0.717, 1.165) is 6.54 Å². The Hall–Kier alpha value is -0.0800. The van der Waals surface area contributed by atoms with Crippen LogP contribution in [-0.4, -0.2) is 35.1 Å². The molecule has 0 amide bonds. The monoisotopic (exact) mass is 226 g/mol. The van der Waals surface area contributed by atoms with Crippen molar-refractivity contribution in [3.8, 4) is 0 Å². The molecule has 0 saturated carbocycles. The van der Waals surface area contributed by atoms with Crippen LogP contribution in [0.1, 0.15) is 60.8 Å². The molecule has 96 valence electrons. The minimum atomic E-state index is 0.304. The molecule has 2 heteroatoms. The van der Waals surface area contributed by atoms with E-state index >= 15 is 0 Å². The van der Waals surface area contributed by atoms with Crippen LogP contribution in [0.15, 0.2) is 0 Å². The van der Waals surface area contributed by atoms with Crippen LogP contribution in [0.5, 0.6) is 0 Å². The fourth-order valence-electron chi connectivity index (χ4n) is 2.55. The first-order chi connectivity index (χ1) is 7.38. The van der Waals surface area contributed by atoms with Crippen LogP contribution < -0.4 is 5.32 Å². The molecule has 1 N–H and O–H groups in total. The fourth-order valence-corrected chi connectivity index (χ4v) is 2.55. The van der Waals surface area contributed by atoms with E-state index in [1.54, 1.807) is 0 Å². The van der Waals surface area contributed by atoms with Crippen molar-refractivity contribution in [1.82, 2.24) is 10.2 Å². The standard InChI is InChI=1S/C14H30N2/c1-7-12-10-15-14(6,9-3)11-16(12)13(4,5)8-2/h12,15H,7-11H2,1-6H3. The van der Waals surface area contributed by atoms with Crippen molar-refractivity contribution in [2.45, 2.75) is 77.9 Å². The van der Waals surface area contributed by atoms with E-state index in [1.807, 2.05) is 0 Å². The van der Waals surface area contributed by atoms with Gasteiger partial charge in [-0.15, -0.1) is 0 Å². The molecule has 1 rings (SSSR count). The van der Waals surface area contributed by atoms with Gasteiger partial charge in [-0.3, -0.25) is 4.90 Å². The third-order valence-corrected chi connectivity index (χ3v) is 4.62. The third-order valence-electron chi connectivity index (χ3n) is 4.62. The first-order valence-corrected chi connectivity index (χ1v) is 6.90. The molecule has 0 aromatic carbocycles. The molecule has 2 unspecified atom stereocenters. The summed E-state index contributed by atoms with van der Waals surface area (Å²) < 4.78 is 0. The largest absolute Gasteiger partial charge is 0.309 e. The Labute approximate surface area is 102 Å². The maximum atomic E-state index is 3.73. The molecule has 1 heterocycles. The topological polar surface area (TPSA) is 15.3 Å². The smallest absolute Gasteiger partial charge is 0.0278 e. The van der Waals surface area contributed by atoms with Crippen molar-refractivity contribution in [2.75, 3.05) is 13.1 Å². The van der Waals surface area contributed by atoms with E-state index in [4.69, 9.17) is 0 Å². The van der Waals surface area contributed by atoms with Crippen LogP contribution in [0.2, 0.25) is 0 Å². The van der Waals surface area contributed by atoms with Crippen LogP contribution in [0.25, 0.3) is 0 Å². The minimum absolute atomic E-state index is 0.304. The Bertz CT molecular complexity index is 225. The van der Waals surface area contributed by atoms with Gasteiger partial charge in [-0.2, -0.15) is 0 Å². The fraction of sp³-hybridized carbons (Fsp3) is 1.00. The van der Waals surface area contributed by atoms with Gasteiger partial charge in [0.25, 0.3) is 0 Å². The molecule has 16 heavy (non-hydrogen) atoms. The average molecular weight is 226 g/mol.